The minimum atomic E-state index is -0.306. The van der Waals surface area contributed by atoms with E-state index in [-0.39, 0.29) is 30.1 Å². The number of pyridine rings is 1. The molecule has 2 aliphatic rings. The van der Waals surface area contributed by atoms with E-state index in [1.807, 2.05) is 4.90 Å². The van der Waals surface area contributed by atoms with E-state index in [2.05, 4.69) is 4.98 Å². The average molecular weight is 370 g/mol. The van der Waals surface area contributed by atoms with Gasteiger partial charge in [0.2, 0.25) is 11.8 Å². The number of nitrogen functional groups attached to an aromatic ring is 1. The second-order valence-corrected chi connectivity index (χ2v) is 7.37. The van der Waals surface area contributed by atoms with Crippen LogP contribution in [0.25, 0.3) is 10.9 Å². The number of nitrogens with zero attached hydrogens (tertiary/aromatic N) is 3. The average Bonchev–Trinajstić information content (AvgIpc) is 3.06. The van der Waals surface area contributed by atoms with Crippen molar-refractivity contribution in [2.75, 3.05) is 31.9 Å². The highest BCUT2D eigenvalue weighted by molar-refractivity contribution is 5.86. The third-order valence-corrected chi connectivity index (χ3v) is 5.57. The maximum Gasteiger partial charge on any atom is 0.242 e. The van der Waals surface area contributed by atoms with Crippen molar-refractivity contribution in [2.24, 2.45) is 0 Å². The molecule has 1 aromatic carbocycles. The SMILES string of the molecule is Nc1cc2cc(F)ccc2nc1C1CCN(C(=O)CN2CCCC2=O)CC1. The number of hydrogen-bond acceptors (Lipinski definition) is 4. The van der Waals surface area contributed by atoms with Gasteiger partial charge in [-0.05, 0) is 43.5 Å². The number of hydrogen-bond donors (Lipinski definition) is 1. The van der Waals surface area contributed by atoms with Crippen LogP contribution in [0.1, 0.15) is 37.3 Å². The van der Waals surface area contributed by atoms with Crippen molar-refractivity contribution in [1.29, 1.82) is 0 Å². The zero-order valence-electron chi connectivity index (χ0n) is 15.2. The summed E-state index contributed by atoms with van der Waals surface area (Å²) in [4.78, 5) is 32.3. The van der Waals surface area contributed by atoms with Crippen LogP contribution in [0.2, 0.25) is 0 Å². The van der Waals surface area contributed by atoms with Gasteiger partial charge in [-0.15, -0.1) is 0 Å². The molecule has 0 radical (unpaired) electrons. The van der Waals surface area contributed by atoms with E-state index in [0.29, 0.717) is 37.1 Å². The molecule has 4 rings (SSSR count). The monoisotopic (exact) mass is 370 g/mol. The molecular formula is C20H23FN4O2. The first-order chi connectivity index (χ1) is 13.0. The van der Waals surface area contributed by atoms with E-state index in [1.54, 1.807) is 17.0 Å². The maximum absolute atomic E-state index is 13.4. The van der Waals surface area contributed by atoms with Crippen LogP contribution in [0.4, 0.5) is 10.1 Å². The van der Waals surface area contributed by atoms with E-state index in [4.69, 9.17) is 5.73 Å². The van der Waals surface area contributed by atoms with Crippen LogP contribution in [-0.2, 0) is 9.59 Å². The smallest absolute Gasteiger partial charge is 0.242 e. The molecule has 2 aromatic rings. The first-order valence-electron chi connectivity index (χ1n) is 9.42. The van der Waals surface area contributed by atoms with E-state index in [0.717, 1.165) is 30.5 Å². The first-order valence-corrected chi connectivity index (χ1v) is 9.42. The Morgan fingerprint density at radius 1 is 1.22 bits per heavy atom. The molecule has 2 aliphatic heterocycles. The summed E-state index contributed by atoms with van der Waals surface area (Å²) in [5, 5.41) is 0.694. The minimum absolute atomic E-state index is 0.0126. The summed E-state index contributed by atoms with van der Waals surface area (Å²) < 4.78 is 13.4. The van der Waals surface area contributed by atoms with Gasteiger partial charge in [0.25, 0.3) is 0 Å². The van der Waals surface area contributed by atoms with Gasteiger partial charge in [0, 0.05) is 37.4 Å². The lowest BCUT2D eigenvalue weighted by molar-refractivity contribution is -0.139. The van der Waals surface area contributed by atoms with Gasteiger partial charge in [-0.1, -0.05) is 0 Å². The predicted octanol–water partition coefficient (Wildman–Crippen LogP) is 2.28. The highest BCUT2D eigenvalue weighted by Gasteiger charge is 2.29. The van der Waals surface area contributed by atoms with Crippen LogP contribution in [0.15, 0.2) is 24.3 Å². The van der Waals surface area contributed by atoms with Crippen molar-refractivity contribution in [3.8, 4) is 0 Å². The molecule has 7 heteroatoms. The van der Waals surface area contributed by atoms with Crippen LogP contribution in [0.3, 0.4) is 0 Å². The van der Waals surface area contributed by atoms with Crippen LogP contribution in [-0.4, -0.2) is 52.8 Å². The second kappa shape index (κ2) is 7.13. The van der Waals surface area contributed by atoms with Crippen molar-refractivity contribution in [3.63, 3.8) is 0 Å². The molecule has 1 aromatic heterocycles. The highest BCUT2D eigenvalue weighted by atomic mass is 19.1. The fraction of sp³-hybridized carbons (Fsp3) is 0.450. The molecule has 0 atom stereocenters. The van der Waals surface area contributed by atoms with Crippen molar-refractivity contribution in [2.45, 2.75) is 31.6 Å². The molecule has 27 heavy (non-hydrogen) atoms. The van der Waals surface area contributed by atoms with Crippen molar-refractivity contribution >= 4 is 28.4 Å². The number of likely N-dealkylation sites (tertiary alicyclic amines) is 2. The summed E-state index contributed by atoms with van der Waals surface area (Å²) in [6.07, 6.45) is 2.95. The molecule has 2 saturated heterocycles. The van der Waals surface area contributed by atoms with E-state index in [9.17, 15) is 14.0 Å². The van der Waals surface area contributed by atoms with Gasteiger partial charge in [-0.2, -0.15) is 0 Å². The van der Waals surface area contributed by atoms with E-state index < -0.39 is 0 Å². The highest BCUT2D eigenvalue weighted by Crippen LogP contribution is 2.32. The molecular weight excluding hydrogens is 347 g/mol. The van der Waals surface area contributed by atoms with Crippen molar-refractivity contribution in [1.82, 2.24) is 14.8 Å². The summed E-state index contributed by atoms with van der Waals surface area (Å²) in [5.41, 5.74) is 8.30. The van der Waals surface area contributed by atoms with Gasteiger partial charge in [0.15, 0.2) is 0 Å². The van der Waals surface area contributed by atoms with Crippen LogP contribution < -0.4 is 5.73 Å². The topological polar surface area (TPSA) is 79.5 Å². The molecule has 3 heterocycles. The first kappa shape index (κ1) is 17.7. The molecule has 6 nitrogen and oxygen atoms in total. The minimum Gasteiger partial charge on any atom is -0.397 e. The third-order valence-electron chi connectivity index (χ3n) is 5.57. The fourth-order valence-electron chi connectivity index (χ4n) is 4.04. The van der Waals surface area contributed by atoms with Crippen LogP contribution >= 0.6 is 0 Å². The Hall–Kier alpha value is -2.70. The maximum atomic E-state index is 13.4. The Kier molecular flexibility index (Phi) is 4.68. The number of rotatable bonds is 3. The molecule has 0 spiro atoms. The quantitative estimate of drug-likeness (QED) is 0.899. The molecule has 0 saturated carbocycles. The molecule has 0 unspecified atom stereocenters. The number of anilines is 1. The predicted molar refractivity (Wildman–Crippen MR) is 100 cm³/mol. The van der Waals surface area contributed by atoms with Crippen LogP contribution in [0.5, 0.6) is 0 Å². The lowest BCUT2D eigenvalue weighted by atomic mass is 9.91. The standard InChI is InChI=1S/C20H23FN4O2/c21-15-3-4-17-14(10-15)11-16(22)20(23-17)13-5-8-24(9-6-13)19(27)12-25-7-1-2-18(25)26/h3-4,10-11,13H,1-2,5-9,12,22H2. The zero-order chi connectivity index (χ0) is 19.0. The number of amides is 2. The van der Waals surface area contributed by atoms with Gasteiger partial charge in [-0.3, -0.25) is 14.6 Å². The fourth-order valence-corrected chi connectivity index (χ4v) is 4.04. The number of carbonyl (C=O) groups is 2. The molecule has 142 valence electrons. The molecule has 2 amide bonds. The summed E-state index contributed by atoms with van der Waals surface area (Å²) in [5.74, 6) is -0.0434. The number of halogens is 1. The van der Waals surface area contributed by atoms with E-state index in [1.165, 1.54) is 12.1 Å². The van der Waals surface area contributed by atoms with E-state index >= 15 is 0 Å². The van der Waals surface area contributed by atoms with Gasteiger partial charge in [-0.25, -0.2) is 4.39 Å². The second-order valence-electron chi connectivity index (χ2n) is 7.37. The largest absolute Gasteiger partial charge is 0.397 e. The molecule has 2 fully saturated rings. The number of nitrogens with two attached hydrogens (primary N) is 1. The Morgan fingerprint density at radius 3 is 2.70 bits per heavy atom. The zero-order valence-corrected chi connectivity index (χ0v) is 15.2. The summed E-state index contributed by atoms with van der Waals surface area (Å²) >= 11 is 0. The Bertz CT molecular complexity index is 893. The van der Waals surface area contributed by atoms with Gasteiger partial charge in [0.1, 0.15) is 5.82 Å². The summed E-state index contributed by atoms with van der Waals surface area (Å²) in [7, 11) is 0. The Labute approximate surface area is 157 Å². The number of carbonyl (C=O) groups excluding carboxylic acids is 2. The summed E-state index contributed by atoms with van der Waals surface area (Å²) in [6.45, 7) is 2.13. The van der Waals surface area contributed by atoms with Crippen molar-refractivity contribution < 1.29 is 14.0 Å². The Balaban J connectivity index is 1.42. The van der Waals surface area contributed by atoms with Gasteiger partial charge in [0.05, 0.1) is 23.4 Å². The van der Waals surface area contributed by atoms with Gasteiger partial charge < -0.3 is 15.5 Å². The number of fused-ring (bicyclic) bond motifs is 1. The summed E-state index contributed by atoms with van der Waals surface area (Å²) in [6, 6.07) is 6.27. The molecule has 0 aliphatic carbocycles. The molecule has 2 N–H and O–H groups in total. The molecule has 0 bridgehead atoms. The Morgan fingerprint density at radius 2 is 2.00 bits per heavy atom. The van der Waals surface area contributed by atoms with Crippen molar-refractivity contribution in [3.05, 3.63) is 35.8 Å². The lowest BCUT2D eigenvalue weighted by Gasteiger charge is -2.33. The van der Waals surface area contributed by atoms with Gasteiger partial charge >= 0.3 is 0 Å². The number of aromatic nitrogens is 1. The normalized spacial score (nSPS) is 18.5. The number of benzene rings is 1. The van der Waals surface area contributed by atoms with Crippen LogP contribution in [0, 0.1) is 5.82 Å². The number of piperidine rings is 1. The lowest BCUT2D eigenvalue weighted by Crippen LogP contribution is -2.44. The third kappa shape index (κ3) is 3.59.